The van der Waals surface area contributed by atoms with E-state index in [0.29, 0.717) is 18.8 Å². The van der Waals surface area contributed by atoms with Gasteiger partial charge >= 0.3 is 0 Å². The van der Waals surface area contributed by atoms with E-state index in [4.69, 9.17) is 0 Å². The summed E-state index contributed by atoms with van der Waals surface area (Å²) in [6.07, 6.45) is 10.5. The van der Waals surface area contributed by atoms with E-state index >= 15 is 0 Å². The zero-order chi connectivity index (χ0) is 18.9. The molecule has 27 heavy (non-hydrogen) atoms. The number of anilines is 1. The minimum atomic E-state index is -0.226. The van der Waals surface area contributed by atoms with Gasteiger partial charge in [-0.2, -0.15) is 0 Å². The van der Waals surface area contributed by atoms with Gasteiger partial charge in [0, 0.05) is 25.0 Å². The quantitative estimate of drug-likeness (QED) is 0.676. The number of carbonyl (C=O) groups is 1. The summed E-state index contributed by atoms with van der Waals surface area (Å²) in [7, 11) is 0. The Morgan fingerprint density at radius 3 is 2.70 bits per heavy atom. The SMILES string of the molecule is O=C(NCCC1=CCCCC1)c1cc(NCCc2ccc(F)cc2)ccn1. The van der Waals surface area contributed by atoms with E-state index in [1.807, 2.05) is 6.07 Å². The largest absolute Gasteiger partial charge is 0.385 e. The van der Waals surface area contributed by atoms with Crippen LogP contribution in [0.15, 0.2) is 54.2 Å². The lowest BCUT2D eigenvalue weighted by atomic mass is 9.97. The Morgan fingerprint density at radius 2 is 1.93 bits per heavy atom. The van der Waals surface area contributed by atoms with Crippen molar-refractivity contribution in [1.82, 2.24) is 10.3 Å². The molecule has 0 spiro atoms. The van der Waals surface area contributed by atoms with Crippen LogP contribution in [-0.2, 0) is 6.42 Å². The summed E-state index contributed by atoms with van der Waals surface area (Å²) in [4.78, 5) is 16.5. The van der Waals surface area contributed by atoms with Crippen LogP contribution < -0.4 is 10.6 Å². The molecule has 0 radical (unpaired) electrons. The number of pyridine rings is 1. The number of aromatic nitrogens is 1. The van der Waals surface area contributed by atoms with Gasteiger partial charge in [0.25, 0.3) is 5.91 Å². The van der Waals surface area contributed by atoms with E-state index in [-0.39, 0.29) is 11.7 Å². The lowest BCUT2D eigenvalue weighted by molar-refractivity contribution is 0.0949. The Morgan fingerprint density at radius 1 is 1.07 bits per heavy atom. The molecule has 0 fully saturated rings. The maximum atomic E-state index is 12.9. The van der Waals surface area contributed by atoms with E-state index in [1.165, 1.54) is 30.5 Å². The number of carbonyl (C=O) groups excluding carboxylic acids is 1. The molecule has 0 bridgehead atoms. The van der Waals surface area contributed by atoms with E-state index in [9.17, 15) is 9.18 Å². The van der Waals surface area contributed by atoms with Gasteiger partial charge in [0.1, 0.15) is 11.5 Å². The van der Waals surface area contributed by atoms with Crippen molar-refractivity contribution in [2.24, 2.45) is 0 Å². The Hall–Kier alpha value is -2.69. The molecule has 1 aromatic heterocycles. The van der Waals surface area contributed by atoms with Crippen LogP contribution in [0.5, 0.6) is 0 Å². The smallest absolute Gasteiger partial charge is 0.269 e. The number of rotatable bonds is 8. The number of hydrogen-bond acceptors (Lipinski definition) is 3. The summed E-state index contributed by atoms with van der Waals surface area (Å²) in [5, 5.41) is 6.24. The van der Waals surface area contributed by atoms with Crippen LogP contribution in [0, 0.1) is 5.82 Å². The zero-order valence-electron chi connectivity index (χ0n) is 15.5. The molecule has 0 atom stereocenters. The molecule has 4 nitrogen and oxygen atoms in total. The first-order valence-electron chi connectivity index (χ1n) is 9.61. The van der Waals surface area contributed by atoms with E-state index in [0.717, 1.165) is 36.9 Å². The molecular weight excluding hydrogens is 341 g/mol. The first kappa shape index (κ1) is 19.1. The second kappa shape index (κ2) is 9.86. The van der Waals surface area contributed by atoms with Gasteiger partial charge in [-0.15, -0.1) is 0 Å². The number of amides is 1. The molecule has 2 aromatic rings. The summed E-state index contributed by atoms with van der Waals surface area (Å²) >= 11 is 0. The van der Waals surface area contributed by atoms with Crippen molar-refractivity contribution in [3.63, 3.8) is 0 Å². The third kappa shape index (κ3) is 6.20. The highest BCUT2D eigenvalue weighted by molar-refractivity contribution is 5.93. The number of benzene rings is 1. The fourth-order valence-electron chi connectivity index (χ4n) is 3.23. The number of nitrogens with one attached hydrogen (secondary N) is 2. The van der Waals surface area contributed by atoms with Crippen LogP contribution >= 0.6 is 0 Å². The van der Waals surface area contributed by atoms with Crippen molar-refractivity contribution in [1.29, 1.82) is 0 Å². The molecule has 0 unspecified atom stereocenters. The Bertz CT molecular complexity index is 786. The molecule has 3 rings (SSSR count). The van der Waals surface area contributed by atoms with Gasteiger partial charge in [0.15, 0.2) is 0 Å². The highest BCUT2D eigenvalue weighted by Crippen LogP contribution is 2.19. The molecule has 1 amide bonds. The van der Waals surface area contributed by atoms with Crippen LogP contribution in [0.4, 0.5) is 10.1 Å². The van der Waals surface area contributed by atoms with Gasteiger partial charge < -0.3 is 10.6 Å². The molecule has 1 aliphatic rings. The van der Waals surface area contributed by atoms with Crippen LogP contribution in [0.25, 0.3) is 0 Å². The third-order valence-electron chi connectivity index (χ3n) is 4.77. The van der Waals surface area contributed by atoms with Gasteiger partial charge in [-0.25, -0.2) is 4.39 Å². The monoisotopic (exact) mass is 367 g/mol. The maximum Gasteiger partial charge on any atom is 0.269 e. The second-order valence-electron chi connectivity index (χ2n) is 6.85. The molecule has 1 aliphatic carbocycles. The van der Waals surface area contributed by atoms with E-state index in [2.05, 4.69) is 21.7 Å². The molecule has 0 saturated heterocycles. The highest BCUT2D eigenvalue weighted by Gasteiger charge is 2.09. The minimum absolute atomic E-state index is 0.145. The normalized spacial score (nSPS) is 13.7. The molecule has 1 heterocycles. The predicted octanol–water partition coefficient (Wildman–Crippen LogP) is 4.50. The lowest BCUT2D eigenvalue weighted by Crippen LogP contribution is -2.25. The van der Waals surface area contributed by atoms with Crippen molar-refractivity contribution in [3.05, 3.63) is 71.3 Å². The van der Waals surface area contributed by atoms with Crippen molar-refractivity contribution in [2.75, 3.05) is 18.4 Å². The summed E-state index contributed by atoms with van der Waals surface area (Å²) < 4.78 is 12.9. The van der Waals surface area contributed by atoms with Crippen molar-refractivity contribution in [3.8, 4) is 0 Å². The predicted molar refractivity (Wildman–Crippen MR) is 106 cm³/mol. The van der Waals surface area contributed by atoms with Gasteiger partial charge in [-0.3, -0.25) is 9.78 Å². The average molecular weight is 367 g/mol. The molecule has 1 aromatic carbocycles. The number of allylic oxidation sites excluding steroid dienone is 1. The van der Waals surface area contributed by atoms with Crippen LogP contribution in [-0.4, -0.2) is 24.0 Å². The van der Waals surface area contributed by atoms with Gasteiger partial charge in [-0.05, 0) is 68.4 Å². The first-order valence-corrected chi connectivity index (χ1v) is 9.61. The number of halogens is 1. The van der Waals surface area contributed by atoms with Crippen LogP contribution in [0.1, 0.15) is 48.2 Å². The molecule has 2 N–H and O–H groups in total. The van der Waals surface area contributed by atoms with Crippen LogP contribution in [0.2, 0.25) is 0 Å². The third-order valence-corrected chi connectivity index (χ3v) is 4.77. The van der Waals surface area contributed by atoms with E-state index in [1.54, 1.807) is 24.4 Å². The van der Waals surface area contributed by atoms with Gasteiger partial charge in [0.05, 0.1) is 0 Å². The topological polar surface area (TPSA) is 54.0 Å². The standard InChI is InChI=1S/C22H26FN3O/c23-19-8-6-18(7-9-19)10-13-24-20-12-15-25-21(16-20)22(27)26-14-11-17-4-2-1-3-5-17/h4,6-9,12,15-16H,1-3,5,10-11,13-14H2,(H,24,25)(H,26,27). The number of nitrogens with zero attached hydrogens (tertiary/aromatic N) is 1. The zero-order valence-corrected chi connectivity index (χ0v) is 15.5. The Balaban J connectivity index is 1.45. The summed E-state index contributed by atoms with van der Waals surface area (Å²) in [5.41, 5.74) is 3.78. The van der Waals surface area contributed by atoms with Crippen molar-refractivity contribution < 1.29 is 9.18 Å². The molecule has 5 heteroatoms. The van der Waals surface area contributed by atoms with Gasteiger partial charge in [-0.1, -0.05) is 23.8 Å². The lowest BCUT2D eigenvalue weighted by Gasteiger charge is -2.13. The molecule has 0 aliphatic heterocycles. The fraction of sp³-hybridized carbons (Fsp3) is 0.364. The van der Waals surface area contributed by atoms with E-state index < -0.39 is 0 Å². The maximum absolute atomic E-state index is 12.9. The van der Waals surface area contributed by atoms with Crippen molar-refractivity contribution in [2.45, 2.75) is 38.5 Å². The summed E-state index contributed by atoms with van der Waals surface area (Å²) in [6, 6.07) is 10.1. The summed E-state index contributed by atoms with van der Waals surface area (Å²) in [5.74, 6) is -0.370. The van der Waals surface area contributed by atoms with Crippen LogP contribution in [0.3, 0.4) is 0 Å². The highest BCUT2D eigenvalue weighted by atomic mass is 19.1. The summed E-state index contributed by atoms with van der Waals surface area (Å²) in [6.45, 7) is 1.35. The first-order chi connectivity index (χ1) is 13.2. The molecular formula is C22H26FN3O. The Labute approximate surface area is 159 Å². The molecule has 0 saturated carbocycles. The second-order valence-corrected chi connectivity index (χ2v) is 6.85. The van der Waals surface area contributed by atoms with Gasteiger partial charge in [0.2, 0.25) is 0 Å². The Kier molecular flexibility index (Phi) is 6.97. The molecule has 142 valence electrons. The average Bonchev–Trinajstić information content (AvgIpc) is 2.70. The fourth-order valence-corrected chi connectivity index (χ4v) is 3.23. The minimum Gasteiger partial charge on any atom is -0.385 e. The number of hydrogen-bond donors (Lipinski definition) is 2. The van der Waals surface area contributed by atoms with Crippen molar-refractivity contribution >= 4 is 11.6 Å².